The van der Waals surface area contributed by atoms with Gasteiger partial charge in [-0.2, -0.15) is 0 Å². The number of nitrogens with zero attached hydrogens (tertiary/aromatic N) is 4. The SMILES string of the molecule is O=C1c2cc(Cl)ccc2OC=C(Cl)N1CCCCN1CC=C(c2ncccn2)CC1. The van der Waals surface area contributed by atoms with Crippen molar-refractivity contribution in [3.63, 3.8) is 0 Å². The highest BCUT2D eigenvalue weighted by Crippen LogP contribution is 2.30. The van der Waals surface area contributed by atoms with Crippen molar-refractivity contribution < 1.29 is 9.53 Å². The van der Waals surface area contributed by atoms with Crippen molar-refractivity contribution in [3.8, 4) is 5.75 Å². The molecule has 0 atom stereocenters. The summed E-state index contributed by atoms with van der Waals surface area (Å²) in [5, 5.41) is 0.767. The number of carbonyl (C=O) groups excluding carboxylic acids is 1. The Labute approximate surface area is 185 Å². The monoisotopic (exact) mass is 444 g/mol. The summed E-state index contributed by atoms with van der Waals surface area (Å²) in [7, 11) is 0. The van der Waals surface area contributed by atoms with Crippen LogP contribution in [-0.2, 0) is 0 Å². The Morgan fingerprint density at radius 2 is 1.90 bits per heavy atom. The molecular weight excluding hydrogens is 423 g/mol. The van der Waals surface area contributed by atoms with Gasteiger partial charge in [0.1, 0.15) is 17.2 Å². The summed E-state index contributed by atoms with van der Waals surface area (Å²) in [4.78, 5) is 25.5. The molecule has 3 heterocycles. The van der Waals surface area contributed by atoms with E-state index in [0.29, 0.717) is 22.9 Å². The Balaban J connectivity index is 1.28. The maximum atomic E-state index is 12.9. The van der Waals surface area contributed by atoms with E-state index in [0.717, 1.165) is 44.7 Å². The number of benzene rings is 1. The Hall–Kier alpha value is -2.41. The number of halogens is 2. The first-order valence-corrected chi connectivity index (χ1v) is 10.7. The van der Waals surface area contributed by atoms with E-state index >= 15 is 0 Å². The number of hydrogen-bond acceptors (Lipinski definition) is 5. The van der Waals surface area contributed by atoms with Crippen LogP contribution in [-0.4, -0.2) is 51.9 Å². The van der Waals surface area contributed by atoms with Gasteiger partial charge in [0, 0.05) is 37.1 Å². The molecule has 0 fully saturated rings. The van der Waals surface area contributed by atoms with E-state index in [9.17, 15) is 4.79 Å². The third-order valence-electron chi connectivity index (χ3n) is 5.21. The Bertz CT molecular complexity index is 978. The molecule has 0 radical (unpaired) electrons. The molecule has 2 aliphatic heterocycles. The predicted molar refractivity (Wildman–Crippen MR) is 117 cm³/mol. The summed E-state index contributed by atoms with van der Waals surface area (Å²) < 4.78 is 5.52. The van der Waals surface area contributed by atoms with Gasteiger partial charge in [-0.1, -0.05) is 29.3 Å². The first kappa shape index (κ1) is 20.8. The quantitative estimate of drug-likeness (QED) is 0.482. The van der Waals surface area contributed by atoms with Crippen LogP contribution in [0.3, 0.4) is 0 Å². The second-order valence-electron chi connectivity index (χ2n) is 7.22. The fourth-order valence-corrected chi connectivity index (χ4v) is 3.96. The van der Waals surface area contributed by atoms with Gasteiger partial charge in [0.05, 0.1) is 5.56 Å². The van der Waals surface area contributed by atoms with Crippen LogP contribution in [0.15, 0.2) is 54.2 Å². The standard InChI is InChI=1S/C22H22Cl2N4O2/c23-17-4-5-19-18(14-17)22(29)28(20(24)15-30-19)11-2-1-10-27-12-6-16(7-13-27)21-25-8-3-9-26-21/h3-6,8-9,14-15H,1-2,7,10-13H2. The van der Waals surface area contributed by atoms with Crippen LogP contribution in [0.2, 0.25) is 5.02 Å². The minimum atomic E-state index is -0.195. The lowest BCUT2D eigenvalue weighted by atomic mass is 10.1. The van der Waals surface area contributed by atoms with E-state index < -0.39 is 0 Å². The third-order valence-corrected chi connectivity index (χ3v) is 5.74. The normalized spacial score (nSPS) is 17.0. The zero-order chi connectivity index (χ0) is 20.9. The lowest BCUT2D eigenvalue weighted by Gasteiger charge is -2.26. The van der Waals surface area contributed by atoms with Crippen molar-refractivity contribution in [2.45, 2.75) is 19.3 Å². The molecule has 0 saturated carbocycles. The second-order valence-corrected chi connectivity index (χ2v) is 8.04. The van der Waals surface area contributed by atoms with Crippen LogP contribution in [0.4, 0.5) is 0 Å². The smallest absolute Gasteiger partial charge is 0.262 e. The van der Waals surface area contributed by atoms with Gasteiger partial charge in [0.2, 0.25) is 0 Å². The number of hydrogen-bond donors (Lipinski definition) is 0. The molecule has 0 spiro atoms. The molecule has 1 amide bonds. The molecule has 4 rings (SSSR count). The summed E-state index contributed by atoms with van der Waals surface area (Å²) >= 11 is 12.3. The van der Waals surface area contributed by atoms with E-state index in [4.69, 9.17) is 27.9 Å². The number of unbranched alkanes of at least 4 members (excludes halogenated alkanes) is 1. The fourth-order valence-electron chi connectivity index (χ4n) is 3.59. The molecule has 6 nitrogen and oxygen atoms in total. The molecule has 0 N–H and O–H groups in total. The van der Waals surface area contributed by atoms with Crippen LogP contribution in [0.25, 0.3) is 5.57 Å². The highest BCUT2D eigenvalue weighted by atomic mass is 35.5. The molecule has 0 unspecified atom stereocenters. The van der Waals surface area contributed by atoms with Crippen LogP contribution in [0, 0.1) is 0 Å². The maximum Gasteiger partial charge on any atom is 0.262 e. The Kier molecular flexibility index (Phi) is 6.67. The van der Waals surface area contributed by atoms with Crippen molar-refractivity contribution in [2.24, 2.45) is 0 Å². The molecule has 0 saturated heterocycles. The van der Waals surface area contributed by atoms with Gasteiger partial charge >= 0.3 is 0 Å². The molecule has 8 heteroatoms. The van der Waals surface area contributed by atoms with Crippen molar-refractivity contribution in [2.75, 3.05) is 26.2 Å². The summed E-state index contributed by atoms with van der Waals surface area (Å²) in [5.41, 5.74) is 1.63. The van der Waals surface area contributed by atoms with E-state index in [1.54, 1.807) is 35.5 Å². The van der Waals surface area contributed by atoms with Crippen molar-refractivity contribution >= 4 is 34.7 Å². The van der Waals surface area contributed by atoms with Gasteiger partial charge in [0.15, 0.2) is 5.82 Å². The number of ether oxygens (including phenoxy) is 1. The Morgan fingerprint density at radius 3 is 2.67 bits per heavy atom. The molecule has 1 aromatic heterocycles. The highest BCUT2D eigenvalue weighted by molar-refractivity contribution is 6.32. The van der Waals surface area contributed by atoms with Gasteiger partial charge in [-0.3, -0.25) is 14.6 Å². The number of rotatable bonds is 6. The number of carbonyl (C=O) groups is 1. The molecule has 2 aromatic rings. The van der Waals surface area contributed by atoms with E-state index in [1.165, 1.54) is 11.8 Å². The van der Waals surface area contributed by atoms with Gasteiger partial charge in [0.25, 0.3) is 5.91 Å². The summed E-state index contributed by atoms with van der Waals surface area (Å²) in [6.45, 7) is 3.35. The summed E-state index contributed by atoms with van der Waals surface area (Å²) in [6.07, 6.45) is 9.89. The third kappa shape index (κ3) is 4.83. The molecule has 30 heavy (non-hydrogen) atoms. The van der Waals surface area contributed by atoms with Gasteiger partial charge in [-0.05, 0) is 55.6 Å². The molecule has 0 aliphatic carbocycles. The molecule has 1 aromatic carbocycles. The lowest BCUT2D eigenvalue weighted by molar-refractivity contribution is 0.0814. The number of aromatic nitrogens is 2. The predicted octanol–water partition coefficient (Wildman–Crippen LogP) is 4.57. The van der Waals surface area contributed by atoms with Gasteiger partial charge < -0.3 is 4.74 Å². The zero-order valence-electron chi connectivity index (χ0n) is 16.4. The van der Waals surface area contributed by atoms with E-state index in [2.05, 4.69) is 20.9 Å². The number of amides is 1. The average Bonchev–Trinajstić information content (AvgIpc) is 2.89. The van der Waals surface area contributed by atoms with Crippen LogP contribution in [0.5, 0.6) is 5.75 Å². The molecule has 0 bridgehead atoms. The largest absolute Gasteiger partial charge is 0.461 e. The summed E-state index contributed by atoms with van der Waals surface area (Å²) in [6, 6.07) is 6.81. The van der Waals surface area contributed by atoms with Gasteiger partial charge in [-0.15, -0.1) is 0 Å². The molecular formula is C22H22Cl2N4O2. The van der Waals surface area contributed by atoms with Crippen molar-refractivity contribution in [1.82, 2.24) is 19.8 Å². The Morgan fingerprint density at radius 1 is 1.10 bits per heavy atom. The maximum absolute atomic E-state index is 12.9. The molecule has 156 valence electrons. The van der Waals surface area contributed by atoms with Crippen LogP contribution in [0.1, 0.15) is 35.4 Å². The highest BCUT2D eigenvalue weighted by Gasteiger charge is 2.25. The first-order valence-electron chi connectivity index (χ1n) is 9.94. The van der Waals surface area contributed by atoms with Crippen LogP contribution >= 0.6 is 23.2 Å². The van der Waals surface area contributed by atoms with Gasteiger partial charge in [-0.25, -0.2) is 9.97 Å². The van der Waals surface area contributed by atoms with Crippen molar-refractivity contribution in [3.05, 3.63) is 70.6 Å². The van der Waals surface area contributed by atoms with E-state index in [1.807, 2.05) is 6.07 Å². The number of fused-ring (bicyclic) bond motifs is 1. The van der Waals surface area contributed by atoms with E-state index in [-0.39, 0.29) is 11.1 Å². The lowest BCUT2D eigenvalue weighted by Crippen LogP contribution is -2.32. The van der Waals surface area contributed by atoms with Crippen molar-refractivity contribution in [1.29, 1.82) is 0 Å². The summed E-state index contributed by atoms with van der Waals surface area (Å²) in [5.74, 6) is 1.09. The minimum Gasteiger partial charge on any atom is -0.461 e. The average molecular weight is 445 g/mol. The first-order chi connectivity index (χ1) is 14.6. The second kappa shape index (κ2) is 9.60. The molecule has 2 aliphatic rings. The fraction of sp³-hybridized carbons (Fsp3) is 0.318. The minimum absolute atomic E-state index is 0.195. The van der Waals surface area contributed by atoms with Crippen LogP contribution < -0.4 is 4.74 Å². The topological polar surface area (TPSA) is 58.6 Å². The zero-order valence-corrected chi connectivity index (χ0v) is 17.9.